The minimum atomic E-state index is 0.210. The summed E-state index contributed by atoms with van der Waals surface area (Å²) in [5, 5.41) is 8.51. The van der Waals surface area contributed by atoms with Crippen LogP contribution in [-0.2, 0) is 11.3 Å². The molecule has 6 nitrogen and oxygen atoms in total. The van der Waals surface area contributed by atoms with Gasteiger partial charge in [0.2, 0.25) is 0 Å². The molecule has 2 aromatic rings. The van der Waals surface area contributed by atoms with Crippen molar-refractivity contribution >= 4 is 22.3 Å². The Morgan fingerprint density at radius 1 is 1.63 bits per heavy atom. The highest BCUT2D eigenvalue weighted by Gasteiger charge is 2.06. The first-order valence-corrected chi connectivity index (χ1v) is 6.98. The SMILES string of the molecule is CN=C(NCc1cn2ccsc2n1)NC(C)COC. The highest BCUT2D eigenvalue weighted by Crippen LogP contribution is 2.10. The van der Waals surface area contributed by atoms with Gasteiger partial charge in [0.05, 0.1) is 18.8 Å². The maximum Gasteiger partial charge on any atom is 0.193 e. The van der Waals surface area contributed by atoms with Crippen LogP contribution < -0.4 is 10.6 Å². The fraction of sp³-hybridized carbons (Fsp3) is 0.500. The van der Waals surface area contributed by atoms with Crippen LogP contribution >= 0.6 is 11.3 Å². The second kappa shape index (κ2) is 6.53. The highest BCUT2D eigenvalue weighted by atomic mass is 32.1. The van der Waals surface area contributed by atoms with E-state index in [1.165, 1.54) is 0 Å². The van der Waals surface area contributed by atoms with Crippen molar-refractivity contribution in [2.45, 2.75) is 19.5 Å². The normalized spacial score (nSPS) is 13.7. The van der Waals surface area contributed by atoms with Crippen molar-refractivity contribution < 1.29 is 4.74 Å². The number of methoxy groups -OCH3 is 1. The summed E-state index contributed by atoms with van der Waals surface area (Å²) in [5.41, 5.74) is 0.995. The molecular weight excluding hydrogens is 262 g/mol. The van der Waals surface area contributed by atoms with Crippen LogP contribution in [0.15, 0.2) is 22.8 Å². The van der Waals surface area contributed by atoms with Gasteiger partial charge in [-0.15, -0.1) is 11.3 Å². The highest BCUT2D eigenvalue weighted by molar-refractivity contribution is 7.15. The van der Waals surface area contributed by atoms with E-state index < -0.39 is 0 Å². The van der Waals surface area contributed by atoms with E-state index in [2.05, 4.69) is 20.6 Å². The topological polar surface area (TPSA) is 63.0 Å². The Morgan fingerprint density at radius 3 is 3.16 bits per heavy atom. The molecule has 0 radical (unpaired) electrons. The molecule has 0 saturated heterocycles. The van der Waals surface area contributed by atoms with E-state index in [-0.39, 0.29) is 6.04 Å². The lowest BCUT2D eigenvalue weighted by Gasteiger charge is -2.16. The van der Waals surface area contributed by atoms with E-state index in [0.717, 1.165) is 16.6 Å². The number of thiazole rings is 1. The molecule has 1 unspecified atom stereocenters. The molecule has 0 bridgehead atoms. The Bertz CT molecular complexity index is 519. The molecule has 2 aromatic heterocycles. The second-order valence-electron chi connectivity index (χ2n) is 4.25. The summed E-state index contributed by atoms with van der Waals surface area (Å²) in [6.45, 7) is 3.33. The first kappa shape index (κ1) is 13.8. The van der Waals surface area contributed by atoms with Gasteiger partial charge in [-0.25, -0.2) is 4.98 Å². The minimum absolute atomic E-state index is 0.210. The Kier molecular flexibility index (Phi) is 4.75. The summed E-state index contributed by atoms with van der Waals surface area (Å²) in [6.07, 6.45) is 4.02. The molecule has 2 heterocycles. The van der Waals surface area contributed by atoms with E-state index in [9.17, 15) is 0 Å². The number of aromatic nitrogens is 2. The molecule has 0 aliphatic heterocycles. The first-order chi connectivity index (χ1) is 9.22. The van der Waals surface area contributed by atoms with E-state index in [1.807, 2.05) is 29.1 Å². The lowest BCUT2D eigenvalue weighted by atomic mass is 10.4. The summed E-state index contributed by atoms with van der Waals surface area (Å²) < 4.78 is 7.10. The number of nitrogens with zero attached hydrogens (tertiary/aromatic N) is 3. The number of aliphatic imine (C=N–C) groups is 1. The molecule has 19 heavy (non-hydrogen) atoms. The average molecular weight is 281 g/mol. The molecule has 1 atom stereocenters. The van der Waals surface area contributed by atoms with Crippen molar-refractivity contribution in [3.8, 4) is 0 Å². The van der Waals surface area contributed by atoms with E-state index in [1.54, 1.807) is 25.5 Å². The standard InChI is InChI=1S/C12H19N5OS/c1-9(8-18-3)15-11(13-2)14-6-10-7-17-4-5-19-12(17)16-10/h4-5,7,9H,6,8H2,1-3H3,(H2,13,14,15). The molecule has 0 aromatic carbocycles. The number of imidazole rings is 1. The third kappa shape index (κ3) is 3.68. The average Bonchev–Trinajstić information content (AvgIpc) is 2.95. The van der Waals surface area contributed by atoms with E-state index in [0.29, 0.717) is 13.2 Å². The Labute approximate surface area is 116 Å². The lowest BCUT2D eigenvalue weighted by molar-refractivity contribution is 0.179. The summed E-state index contributed by atoms with van der Waals surface area (Å²) in [7, 11) is 3.44. The number of hydrogen-bond acceptors (Lipinski definition) is 4. The quantitative estimate of drug-likeness (QED) is 0.636. The van der Waals surface area contributed by atoms with Crippen LogP contribution in [-0.4, -0.2) is 42.2 Å². The van der Waals surface area contributed by atoms with Crippen LogP contribution in [0.4, 0.5) is 0 Å². The van der Waals surface area contributed by atoms with Gasteiger partial charge < -0.3 is 15.4 Å². The summed E-state index contributed by atoms with van der Waals surface area (Å²) in [6, 6.07) is 0.210. The van der Waals surface area contributed by atoms with Crippen molar-refractivity contribution in [1.29, 1.82) is 0 Å². The molecule has 7 heteroatoms. The predicted octanol–water partition coefficient (Wildman–Crippen LogP) is 1.10. The maximum absolute atomic E-state index is 5.08. The lowest BCUT2D eigenvalue weighted by Crippen LogP contribution is -2.43. The van der Waals surface area contributed by atoms with Gasteiger partial charge in [0.25, 0.3) is 0 Å². The largest absolute Gasteiger partial charge is 0.383 e. The number of ether oxygens (including phenoxy) is 1. The van der Waals surface area contributed by atoms with Crippen LogP contribution in [0.25, 0.3) is 4.96 Å². The maximum atomic E-state index is 5.08. The smallest absolute Gasteiger partial charge is 0.193 e. The van der Waals surface area contributed by atoms with Crippen LogP contribution in [0, 0.1) is 0 Å². The van der Waals surface area contributed by atoms with Crippen molar-refractivity contribution in [3.63, 3.8) is 0 Å². The van der Waals surface area contributed by atoms with Crippen molar-refractivity contribution in [2.75, 3.05) is 20.8 Å². The summed E-state index contributed by atoms with van der Waals surface area (Å²) >= 11 is 1.63. The molecule has 0 saturated carbocycles. The molecule has 0 aliphatic rings. The van der Waals surface area contributed by atoms with Crippen molar-refractivity contribution in [2.24, 2.45) is 4.99 Å². The fourth-order valence-corrected chi connectivity index (χ4v) is 2.47. The Balaban J connectivity index is 1.87. The minimum Gasteiger partial charge on any atom is -0.383 e. The third-order valence-electron chi connectivity index (χ3n) is 2.60. The van der Waals surface area contributed by atoms with Gasteiger partial charge in [0.1, 0.15) is 0 Å². The number of hydrogen-bond donors (Lipinski definition) is 2. The van der Waals surface area contributed by atoms with Gasteiger partial charge in [-0.1, -0.05) is 0 Å². The van der Waals surface area contributed by atoms with Crippen molar-refractivity contribution in [3.05, 3.63) is 23.5 Å². The van der Waals surface area contributed by atoms with Crippen LogP contribution in [0.2, 0.25) is 0 Å². The van der Waals surface area contributed by atoms with Gasteiger partial charge in [-0.2, -0.15) is 0 Å². The van der Waals surface area contributed by atoms with Gasteiger partial charge >= 0.3 is 0 Å². The summed E-state index contributed by atoms with van der Waals surface area (Å²) in [4.78, 5) is 9.69. The van der Waals surface area contributed by atoms with Gasteiger partial charge in [-0.05, 0) is 6.92 Å². The predicted molar refractivity (Wildman–Crippen MR) is 77.7 cm³/mol. The van der Waals surface area contributed by atoms with Crippen LogP contribution in [0.5, 0.6) is 0 Å². The van der Waals surface area contributed by atoms with E-state index in [4.69, 9.17) is 4.74 Å². The van der Waals surface area contributed by atoms with Gasteiger partial charge in [-0.3, -0.25) is 9.39 Å². The van der Waals surface area contributed by atoms with E-state index >= 15 is 0 Å². The zero-order valence-corrected chi connectivity index (χ0v) is 12.2. The summed E-state index contributed by atoms with van der Waals surface area (Å²) in [5.74, 6) is 0.751. The molecule has 2 N–H and O–H groups in total. The van der Waals surface area contributed by atoms with Crippen LogP contribution in [0.3, 0.4) is 0 Å². The second-order valence-corrected chi connectivity index (χ2v) is 5.12. The molecule has 0 amide bonds. The number of rotatable bonds is 5. The molecule has 2 rings (SSSR count). The first-order valence-electron chi connectivity index (χ1n) is 6.10. The zero-order valence-electron chi connectivity index (χ0n) is 11.4. The number of fused-ring (bicyclic) bond motifs is 1. The number of guanidine groups is 1. The molecule has 0 aliphatic carbocycles. The van der Waals surface area contributed by atoms with Crippen LogP contribution in [0.1, 0.15) is 12.6 Å². The molecule has 104 valence electrons. The Hall–Kier alpha value is -1.60. The van der Waals surface area contributed by atoms with Gasteiger partial charge in [0.15, 0.2) is 10.9 Å². The third-order valence-corrected chi connectivity index (χ3v) is 3.37. The monoisotopic (exact) mass is 281 g/mol. The molecular formula is C12H19N5OS. The zero-order chi connectivity index (χ0) is 13.7. The fourth-order valence-electron chi connectivity index (χ4n) is 1.76. The van der Waals surface area contributed by atoms with Crippen molar-refractivity contribution in [1.82, 2.24) is 20.0 Å². The molecule has 0 fully saturated rings. The molecule has 0 spiro atoms. The van der Waals surface area contributed by atoms with Gasteiger partial charge in [0, 0.05) is 38.0 Å². The number of nitrogens with one attached hydrogen (secondary N) is 2. The Morgan fingerprint density at radius 2 is 2.47 bits per heavy atom.